The fraction of sp³-hybridized carbons (Fsp3) is 0.167. The average molecular weight is 201 g/mol. The summed E-state index contributed by atoms with van der Waals surface area (Å²) in [7, 11) is 0. The molecule has 1 rings (SSSR count). The first-order valence-electron chi connectivity index (χ1n) is 4.60. The van der Waals surface area contributed by atoms with Gasteiger partial charge in [0.25, 0.3) is 0 Å². The molecule has 0 unspecified atom stereocenters. The van der Waals surface area contributed by atoms with Crippen molar-refractivity contribution in [1.82, 2.24) is 0 Å². The molecule has 0 aromatic heterocycles. The summed E-state index contributed by atoms with van der Waals surface area (Å²) in [4.78, 5) is 11.5. The van der Waals surface area contributed by atoms with Crippen LogP contribution in [-0.4, -0.2) is 12.4 Å². The summed E-state index contributed by atoms with van der Waals surface area (Å²) in [6, 6.07) is 8.46. The molecule has 0 fully saturated rings. The molecule has 1 aromatic carbocycles. The molecular weight excluding hydrogens is 190 g/mol. The maximum Gasteiger partial charge on any atom is 0.188 e. The summed E-state index contributed by atoms with van der Waals surface area (Å²) in [5, 5.41) is 8.57. The molecule has 15 heavy (non-hydrogen) atoms. The van der Waals surface area contributed by atoms with Gasteiger partial charge in [0.15, 0.2) is 5.78 Å². The molecule has 0 bridgehead atoms. The zero-order valence-electron chi connectivity index (χ0n) is 8.43. The molecule has 0 saturated heterocycles. The normalized spacial score (nSPS) is 9.87. The molecule has 0 N–H and O–H groups in total. The smallest absolute Gasteiger partial charge is 0.188 e. The van der Waals surface area contributed by atoms with Crippen molar-refractivity contribution in [2.75, 3.05) is 6.61 Å². The van der Waals surface area contributed by atoms with Gasteiger partial charge in [-0.25, -0.2) is 0 Å². The Morgan fingerprint density at radius 2 is 2.13 bits per heavy atom. The van der Waals surface area contributed by atoms with Crippen LogP contribution in [0.4, 0.5) is 0 Å². The van der Waals surface area contributed by atoms with Crippen LogP contribution in [-0.2, 0) is 4.74 Å². The van der Waals surface area contributed by atoms with Gasteiger partial charge in [-0.3, -0.25) is 4.79 Å². The Labute approximate surface area is 88.6 Å². The first kappa shape index (κ1) is 11.0. The molecule has 0 radical (unpaired) electrons. The number of allylic oxidation sites excluding steroid dienone is 1. The lowest BCUT2D eigenvalue weighted by atomic mass is 10.1. The molecule has 0 aliphatic rings. The van der Waals surface area contributed by atoms with E-state index in [2.05, 4.69) is 0 Å². The van der Waals surface area contributed by atoms with Crippen LogP contribution in [0.1, 0.15) is 22.8 Å². The van der Waals surface area contributed by atoms with Crippen molar-refractivity contribution in [3.05, 3.63) is 47.7 Å². The lowest BCUT2D eigenvalue weighted by Crippen LogP contribution is -1.94. The number of hydrogen-bond acceptors (Lipinski definition) is 3. The van der Waals surface area contributed by atoms with Crippen molar-refractivity contribution in [3.63, 3.8) is 0 Å². The monoisotopic (exact) mass is 201 g/mol. The van der Waals surface area contributed by atoms with E-state index in [1.807, 2.05) is 13.0 Å². The van der Waals surface area contributed by atoms with Gasteiger partial charge >= 0.3 is 0 Å². The largest absolute Gasteiger partial charge is 0.501 e. The number of ketones is 1. The number of nitriles is 1. The van der Waals surface area contributed by atoms with Gasteiger partial charge in [0.05, 0.1) is 24.5 Å². The Kier molecular flexibility index (Phi) is 4.11. The van der Waals surface area contributed by atoms with Crippen molar-refractivity contribution in [2.45, 2.75) is 6.92 Å². The first-order valence-corrected chi connectivity index (χ1v) is 4.60. The van der Waals surface area contributed by atoms with Gasteiger partial charge < -0.3 is 4.74 Å². The minimum atomic E-state index is -0.132. The molecule has 0 atom stereocenters. The fourth-order valence-corrected chi connectivity index (χ4v) is 1.01. The minimum Gasteiger partial charge on any atom is -0.501 e. The fourth-order valence-electron chi connectivity index (χ4n) is 1.01. The van der Waals surface area contributed by atoms with Crippen molar-refractivity contribution in [1.29, 1.82) is 5.26 Å². The summed E-state index contributed by atoms with van der Waals surface area (Å²) in [6.07, 6.45) is 2.74. The van der Waals surface area contributed by atoms with E-state index in [9.17, 15) is 4.79 Å². The summed E-state index contributed by atoms with van der Waals surface area (Å²) in [5.74, 6) is -0.132. The lowest BCUT2D eigenvalue weighted by Gasteiger charge is -1.96. The second kappa shape index (κ2) is 5.61. The Hall–Kier alpha value is -2.08. The number of hydrogen-bond donors (Lipinski definition) is 0. The molecule has 1 aromatic rings. The topological polar surface area (TPSA) is 50.1 Å². The second-order valence-electron chi connectivity index (χ2n) is 2.81. The van der Waals surface area contributed by atoms with Crippen LogP contribution in [0, 0.1) is 11.3 Å². The maximum atomic E-state index is 11.5. The maximum absolute atomic E-state index is 11.5. The Morgan fingerprint density at radius 3 is 2.67 bits per heavy atom. The van der Waals surface area contributed by atoms with Crippen LogP contribution in [0.25, 0.3) is 0 Å². The number of nitrogens with zero attached hydrogens (tertiary/aromatic N) is 1. The minimum absolute atomic E-state index is 0.132. The van der Waals surface area contributed by atoms with Crippen LogP contribution >= 0.6 is 0 Å². The molecule has 76 valence electrons. The molecule has 0 heterocycles. The van der Waals surface area contributed by atoms with E-state index in [0.29, 0.717) is 17.7 Å². The summed E-state index contributed by atoms with van der Waals surface area (Å²) in [6.45, 7) is 2.38. The molecule has 0 aliphatic carbocycles. The molecule has 0 amide bonds. The van der Waals surface area contributed by atoms with Gasteiger partial charge in [-0.05, 0) is 31.2 Å². The summed E-state index contributed by atoms with van der Waals surface area (Å²) >= 11 is 0. The lowest BCUT2D eigenvalue weighted by molar-refractivity contribution is 0.104. The molecule has 3 heteroatoms. The number of carbonyl (C=O) groups is 1. The van der Waals surface area contributed by atoms with Crippen LogP contribution in [0.5, 0.6) is 0 Å². The van der Waals surface area contributed by atoms with Crippen molar-refractivity contribution < 1.29 is 9.53 Å². The van der Waals surface area contributed by atoms with E-state index in [-0.39, 0.29) is 5.78 Å². The third-order valence-electron chi connectivity index (χ3n) is 1.78. The number of carbonyl (C=O) groups excluding carboxylic acids is 1. The first-order chi connectivity index (χ1) is 7.27. The van der Waals surface area contributed by atoms with Gasteiger partial charge in [0.1, 0.15) is 0 Å². The van der Waals surface area contributed by atoms with Crippen molar-refractivity contribution in [2.24, 2.45) is 0 Å². The Morgan fingerprint density at radius 1 is 1.47 bits per heavy atom. The predicted molar refractivity (Wildman–Crippen MR) is 56.3 cm³/mol. The predicted octanol–water partition coefficient (Wildman–Crippen LogP) is 2.29. The van der Waals surface area contributed by atoms with Crippen molar-refractivity contribution in [3.8, 4) is 6.07 Å². The highest BCUT2D eigenvalue weighted by Crippen LogP contribution is 2.04. The standard InChI is InChI=1S/C12H11NO2/c1-2-15-8-7-12(14)11-5-3-10(9-13)4-6-11/h3-8H,2H2,1H3/b8-7+. The quantitative estimate of drug-likeness (QED) is 0.426. The zero-order valence-corrected chi connectivity index (χ0v) is 8.43. The Balaban J connectivity index is 2.71. The van der Waals surface area contributed by atoms with Crippen LogP contribution in [0.15, 0.2) is 36.6 Å². The second-order valence-corrected chi connectivity index (χ2v) is 2.81. The molecule has 0 saturated carbocycles. The van der Waals surface area contributed by atoms with Crippen molar-refractivity contribution >= 4 is 5.78 Å². The van der Waals surface area contributed by atoms with E-state index >= 15 is 0 Å². The Bertz CT molecular complexity index is 399. The SMILES string of the molecule is CCO/C=C/C(=O)c1ccc(C#N)cc1. The van der Waals surface area contributed by atoms with Gasteiger partial charge in [0.2, 0.25) is 0 Å². The number of ether oxygens (including phenoxy) is 1. The summed E-state index contributed by atoms with van der Waals surface area (Å²) in [5.41, 5.74) is 1.09. The van der Waals surface area contributed by atoms with Crippen LogP contribution < -0.4 is 0 Å². The van der Waals surface area contributed by atoms with Gasteiger partial charge in [-0.2, -0.15) is 5.26 Å². The number of benzene rings is 1. The van der Waals surface area contributed by atoms with E-state index in [0.717, 1.165) is 0 Å². The third-order valence-corrected chi connectivity index (χ3v) is 1.78. The van der Waals surface area contributed by atoms with E-state index in [1.54, 1.807) is 24.3 Å². The molecule has 3 nitrogen and oxygen atoms in total. The highest BCUT2D eigenvalue weighted by molar-refractivity contribution is 6.04. The zero-order chi connectivity index (χ0) is 11.1. The molecule has 0 aliphatic heterocycles. The number of rotatable bonds is 4. The van der Waals surface area contributed by atoms with Gasteiger partial charge in [-0.15, -0.1) is 0 Å². The van der Waals surface area contributed by atoms with Gasteiger partial charge in [0, 0.05) is 11.6 Å². The van der Waals surface area contributed by atoms with Crippen LogP contribution in [0.3, 0.4) is 0 Å². The van der Waals surface area contributed by atoms with E-state index < -0.39 is 0 Å². The third kappa shape index (κ3) is 3.28. The van der Waals surface area contributed by atoms with E-state index in [4.69, 9.17) is 10.00 Å². The van der Waals surface area contributed by atoms with Crippen LogP contribution in [0.2, 0.25) is 0 Å². The van der Waals surface area contributed by atoms with E-state index in [1.165, 1.54) is 12.3 Å². The average Bonchev–Trinajstić information content (AvgIpc) is 2.29. The highest BCUT2D eigenvalue weighted by Gasteiger charge is 2.00. The summed E-state index contributed by atoms with van der Waals surface area (Å²) < 4.78 is 4.92. The molecule has 0 spiro atoms. The van der Waals surface area contributed by atoms with Gasteiger partial charge in [-0.1, -0.05) is 0 Å². The molecular formula is C12H11NO2. The highest BCUT2D eigenvalue weighted by atomic mass is 16.5.